The maximum atomic E-state index is 2.39. The van der Waals surface area contributed by atoms with Crippen LogP contribution in [0.3, 0.4) is 0 Å². The molecule has 5 aromatic carbocycles. The van der Waals surface area contributed by atoms with E-state index >= 15 is 0 Å². The van der Waals surface area contributed by atoms with Gasteiger partial charge in [-0.2, -0.15) is 0 Å². The van der Waals surface area contributed by atoms with Crippen LogP contribution in [0.15, 0.2) is 133 Å². The zero-order valence-corrected chi connectivity index (χ0v) is 24.4. The van der Waals surface area contributed by atoms with Crippen LogP contribution < -0.4 is 9.80 Å². The highest BCUT2D eigenvalue weighted by Gasteiger charge is 2.24. The number of hydrogen-bond donors (Lipinski definition) is 0. The van der Waals surface area contributed by atoms with Crippen LogP contribution in [0.2, 0.25) is 0 Å². The Balaban J connectivity index is 1.48. The van der Waals surface area contributed by atoms with Crippen LogP contribution in [0.1, 0.15) is 52.5 Å². The molecule has 0 N–H and O–H groups in total. The molecule has 0 radical (unpaired) electrons. The Labute approximate surface area is 240 Å². The smallest absolute Gasteiger partial charge is 0.0463 e. The van der Waals surface area contributed by atoms with E-state index in [2.05, 4.69) is 178 Å². The average Bonchev–Trinajstić information content (AvgIpc) is 2.99. The first-order chi connectivity index (χ1) is 19.3. The lowest BCUT2D eigenvalue weighted by Crippen LogP contribution is -2.37. The molecular weight excluding hydrogens is 484 g/mol. The molecule has 40 heavy (non-hydrogen) atoms. The van der Waals surface area contributed by atoms with Crippen molar-refractivity contribution in [2.45, 2.75) is 52.5 Å². The second-order valence-electron chi connectivity index (χ2n) is 11.5. The molecule has 0 aliphatic heterocycles. The molecular formula is C38H40N2. The third-order valence-corrected chi connectivity index (χ3v) is 7.62. The Kier molecular flexibility index (Phi) is 8.07. The molecule has 0 amide bonds. The van der Waals surface area contributed by atoms with Crippen molar-refractivity contribution in [2.75, 3.05) is 9.80 Å². The van der Waals surface area contributed by atoms with Gasteiger partial charge in [-0.3, -0.25) is 0 Å². The Morgan fingerprint density at radius 1 is 0.500 bits per heavy atom. The maximum absolute atomic E-state index is 2.39. The van der Waals surface area contributed by atoms with Crippen molar-refractivity contribution < 1.29 is 0 Å². The molecule has 1 atom stereocenters. The van der Waals surface area contributed by atoms with Gasteiger partial charge in [-0.25, -0.2) is 0 Å². The number of nitrogens with zero attached hydrogens (tertiary/aromatic N) is 2. The standard InChI is InChI=1S/C38H40N2/c1-6-29(2)30-17-19-31(20-18-30)32-21-23-34(24-22-32)39(33-13-9-7-10-14-33)35-25-27-37(28-26-35)40(38(3,4)5)36-15-11-8-12-16-36/h7-29H,6H2,1-5H3. The summed E-state index contributed by atoms with van der Waals surface area (Å²) in [5.41, 5.74) is 9.57. The first kappa shape index (κ1) is 27.3. The van der Waals surface area contributed by atoms with Crippen molar-refractivity contribution in [3.05, 3.63) is 139 Å². The van der Waals surface area contributed by atoms with Gasteiger partial charge in [0.15, 0.2) is 0 Å². The molecule has 0 spiro atoms. The number of anilines is 5. The average molecular weight is 525 g/mol. The lowest BCUT2D eigenvalue weighted by atomic mass is 9.96. The Bertz CT molecular complexity index is 1480. The summed E-state index contributed by atoms with van der Waals surface area (Å²) in [6.45, 7) is 11.3. The van der Waals surface area contributed by atoms with E-state index in [1.54, 1.807) is 0 Å². The van der Waals surface area contributed by atoms with Gasteiger partial charge in [0, 0.05) is 34.0 Å². The van der Waals surface area contributed by atoms with E-state index in [-0.39, 0.29) is 5.54 Å². The molecule has 202 valence electrons. The van der Waals surface area contributed by atoms with Gasteiger partial charge in [-0.05, 0) is 110 Å². The van der Waals surface area contributed by atoms with Gasteiger partial charge >= 0.3 is 0 Å². The minimum atomic E-state index is -0.0649. The second kappa shape index (κ2) is 11.8. The lowest BCUT2D eigenvalue weighted by molar-refractivity contribution is 0.560. The third kappa shape index (κ3) is 5.97. The highest BCUT2D eigenvalue weighted by Crippen LogP contribution is 2.39. The SMILES string of the molecule is CCC(C)c1ccc(-c2ccc(N(c3ccccc3)c3ccc(N(c4ccccc4)C(C)(C)C)cc3)cc2)cc1. The summed E-state index contributed by atoms with van der Waals surface area (Å²) in [6.07, 6.45) is 1.16. The fourth-order valence-corrected chi connectivity index (χ4v) is 5.32. The van der Waals surface area contributed by atoms with E-state index in [4.69, 9.17) is 0 Å². The van der Waals surface area contributed by atoms with Crippen molar-refractivity contribution in [3.63, 3.8) is 0 Å². The summed E-state index contributed by atoms with van der Waals surface area (Å²) in [5, 5.41) is 0. The lowest BCUT2D eigenvalue weighted by Gasteiger charge is -2.38. The van der Waals surface area contributed by atoms with Crippen molar-refractivity contribution in [2.24, 2.45) is 0 Å². The quantitative estimate of drug-likeness (QED) is 0.199. The molecule has 5 aromatic rings. The number of hydrogen-bond acceptors (Lipinski definition) is 2. The van der Waals surface area contributed by atoms with Crippen molar-refractivity contribution in [1.82, 2.24) is 0 Å². The maximum Gasteiger partial charge on any atom is 0.0463 e. The molecule has 0 aliphatic rings. The van der Waals surface area contributed by atoms with Crippen molar-refractivity contribution in [1.29, 1.82) is 0 Å². The topological polar surface area (TPSA) is 6.48 Å². The van der Waals surface area contributed by atoms with Crippen molar-refractivity contribution in [3.8, 4) is 11.1 Å². The number of benzene rings is 5. The molecule has 0 bridgehead atoms. The highest BCUT2D eigenvalue weighted by molar-refractivity contribution is 5.79. The second-order valence-corrected chi connectivity index (χ2v) is 11.5. The summed E-state index contributed by atoms with van der Waals surface area (Å²) in [6, 6.07) is 48.1. The Hall–Kier alpha value is -4.30. The molecule has 0 fully saturated rings. The summed E-state index contributed by atoms with van der Waals surface area (Å²) in [7, 11) is 0. The molecule has 2 heteroatoms. The zero-order valence-electron chi connectivity index (χ0n) is 24.4. The largest absolute Gasteiger partial charge is 0.336 e. The summed E-state index contributed by atoms with van der Waals surface area (Å²) in [4.78, 5) is 4.72. The summed E-state index contributed by atoms with van der Waals surface area (Å²) >= 11 is 0. The van der Waals surface area contributed by atoms with Crippen LogP contribution in [0, 0.1) is 0 Å². The Morgan fingerprint density at radius 2 is 0.875 bits per heavy atom. The van der Waals surface area contributed by atoms with E-state index in [9.17, 15) is 0 Å². The molecule has 0 saturated heterocycles. The van der Waals surface area contributed by atoms with Gasteiger partial charge in [0.25, 0.3) is 0 Å². The number of rotatable bonds is 8. The molecule has 2 nitrogen and oxygen atoms in total. The van der Waals surface area contributed by atoms with Gasteiger partial charge in [-0.1, -0.05) is 86.6 Å². The third-order valence-electron chi connectivity index (χ3n) is 7.62. The highest BCUT2D eigenvalue weighted by atomic mass is 15.2. The van der Waals surface area contributed by atoms with E-state index in [0.29, 0.717) is 5.92 Å². The van der Waals surface area contributed by atoms with Gasteiger partial charge in [-0.15, -0.1) is 0 Å². The summed E-state index contributed by atoms with van der Waals surface area (Å²) in [5.74, 6) is 0.588. The van der Waals surface area contributed by atoms with Gasteiger partial charge in [0.2, 0.25) is 0 Å². The number of para-hydroxylation sites is 2. The van der Waals surface area contributed by atoms with Crippen LogP contribution in [-0.2, 0) is 0 Å². The van der Waals surface area contributed by atoms with E-state index in [0.717, 1.165) is 23.5 Å². The van der Waals surface area contributed by atoms with Crippen molar-refractivity contribution >= 4 is 28.4 Å². The monoisotopic (exact) mass is 524 g/mol. The summed E-state index contributed by atoms with van der Waals surface area (Å²) < 4.78 is 0. The molecule has 0 aromatic heterocycles. The normalized spacial score (nSPS) is 12.1. The first-order valence-corrected chi connectivity index (χ1v) is 14.4. The Morgan fingerprint density at radius 3 is 1.35 bits per heavy atom. The van der Waals surface area contributed by atoms with Crippen LogP contribution in [0.4, 0.5) is 28.4 Å². The van der Waals surface area contributed by atoms with E-state index in [1.165, 1.54) is 28.1 Å². The minimum absolute atomic E-state index is 0.0649. The van der Waals surface area contributed by atoms with Crippen LogP contribution in [0.25, 0.3) is 11.1 Å². The minimum Gasteiger partial charge on any atom is -0.336 e. The molecule has 1 unspecified atom stereocenters. The molecule has 0 heterocycles. The molecule has 0 aliphatic carbocycles. The van der Waals surface area contributed by atoms with Gasteiger partial charge in [0.05, 0.1) is 0 Å². The molecule has 5 rings (SSSR count). The fraction of sp³-hybridized carbons (Fsp3) is 0.211. The van der Waals surface area contributed by atoms with Gasteiger partial charge in [0.1, 0.15) is 0 Å². The zero-order chi connectivity index (χ0) is 28.1. The van der Waals surface area contributed by atoms with Crippen LogP contribution >= 0.6 is 0 Å². The fourth-order valence-electron chi connectivity index (χ4n) is 5.32. The first-order valence-electron chi connectivity index (χ1n) is 14.4. The predicted octanol–water partition coefficient (Wildman–Crippen LogP) is 11.3. The van der Waals surface area contributed by atoms with E-state index < -0.39 is 0 Å². The van der Waals surface area contributed by atoms with Crippen LogP contribution in [-0.4, -0.2) is 5.54 Å². The van der Waals surface area contributed by atoms with Gasteiger partial charge < -0.3 is 9.80 Å². The predicted molar refractivity (Wildman–Crippen MR) is 174 cm³/mol. The molecule has 0 saturated carbocycles. The van der Waals surface area contributed by atoms with Crippen LogP contribution in [0.5, 0.6) is 0 Å². The van der Waals surface area contributed by atoms with E-state index in [1.807, 2.05) is 0 Å².